The lowest BCUT2D eigenvalue weighted by Gasteiger charge is -2.19. The van der Waals surface area contributed by atoms with Crippen molar-refractivity contribution in [2.45, 2.75) is 25.3 Å². The maximum absolute atomic E-state index is 14.3. The molecule has 0 aromatic heterocycles. The molecule has 0 aliphatic carbocycles. The number of halogens is 2. The van der Waals surface area contributed by atoms with E-state index in [1.165, 1.54) is 6.07 Å². The van der Waals surface area contributed by atoms with Crippen molar-refractivity contribution in [3.8, 4) is 11.5 Å². The van der Waals surface area contributed by atoms with E-state index in [9.17, 15) is 4.39 Å². The lowest BCUT2D eigenvalue weighted by Crippen LogP contribution is -2.16. The molecule has 1 saturated heterocycles. The van der Waals surface area contributed by atoms with Gasteiger partial charge in [-0.15, -0.1) is 0 Å². The first-order chi connectivity index (χ1) is 8.77. The maximum Gasteiger partial charge on any atom is 0.168 e. The van der Waals surface area contributed by atoms with Gasteiger partial charge in [0.05, 0.1) is 23.8 Å². The minimum atomic E-state index is -0.389. The van der Waals surface area contributed by atoms with Crippen LogP contribution in [0.3, 0.4) is 0 Å². The third-order valence-electron chi connectivity index (χ3n) is 3.37. The van der Waals surface area contributed by atoms with Crippen molar-refractivity contribution in [2.24, 2.45) is 0 Å². The van der Waals surface area contributed by atoms with Gasteiger partial charge in [0.15, 0.2) is 17.3 Å². The molecule has 2 aliphatic rings. The summed E-state index contributed by atoms with van der Waals surface area (Å²) in [5, 5.41) is 3.38. The van der Waals surface area contributed by atoms with Gasteiger partial charge in [-0.3, -0.25) is 0 Å². The first-order valence-electron chi connectivity index (χ1n) is 6.28. The Kier molecular flexibility index (Phi) is 3.31. The van der Waals surface area contributed by atoms with Crippen molar-refractivity contribution < 1.29 is 13.9 Å². The second kappa shape index (κ2) is 4.94. The van der Waals surface area contributed by atoms with Gasteiger partial charge in [0.2, 0.25) is 0 Å². The molecule has 1 atom stereocenters. The molecule has 0 bridgehead atoms. The van der Waals surface area contributed by atoms with Gasteiger partial charge in [-0.2, -0.15) is 0 Å². The third-order valence-corrected chi connectivity index (χ3v) is 3.65. The topological polar surface area (TPSA) is 30.5 Å². The zero-order valence-corrected chi connectivity index (χ0v) is 10.7. The van der Waals surface area contributed by atoms with Crippen LogP contribution in [0.2, 0.25) is 5.02 Å². The minimum absolute atomic E-state index is 0.0286. The Labute approximate surface area is 110 Å². The zero-order valence-electron chi connectivity index (χ0n) is 9.97. The summed E-state index contributed by atoms with van der Waals surface area (Å²) in [6.07, 6.45) is 2.73. The maximum atomic E-state index is 14.3. The average Bonchev–Trinajstić information content (AvgIpc) is 2.78. The predicted octanol–water partition coefficient (Wildman–Crippen LogP) is 3.06. The number of ether oxygens (including phenoxy) is 2. The van der Waals surface area contributed by atoms with E-state index >= 15 is 0 Å². The second-order valence-electron chi connectivity index (χ2n) is 4.61. The molecule has 18 heavy (non-hydrogen) atoms. The van der Waals surface area contributed by atoms with E-state index in [-0.39, 0.29) is 16.9 Å². The summed E-state index contributed by atoms with van der Waals surface area (Å²) in [4.78, 5) is 0. The largest absolute Gasteiger partial charge is 0.489 e. The van der Waals surface area contributed by atoms with Crippen LogP contribution in [0.25, 0.3) is 0 Å². The fourth-order valence-corrected chi connectivity index (χ4v) is 2.72. The highest BCUT2D eigenvalue weighted by molar-refractivity contribution is 6.31. The molecule has 0 radical (unpaired) electrons. The molecule has 0 saturated carbocycles. The lowest BCUT2D eigenvalue weighted by atomic mass is 10.0. The molecule has 1 aromatic rings. The van der Waals surface area contributed by atoms with Crippen LogP contribution in [0, 0.1) is 5.82 Å². The molecule has 1 aromatic carbocycles. The van der Waals surface area contributed by atoms with Crippen LogP contribution in [0.4, 0.5) is 4.39 Å². The van der Waals surface area contributed by atoms with Gasteiger partial charge in [-0.05, 0) is 19.4 Å². The van der Waals surface area contributed by atoms with Crippen LogP contribution in [-0.4, -0.2) is 19.8 Å². The fraction of sp³-hybridized carbons (Fsp3) is 0.538. The van der Waals surface area contributed by atoms with E-state index in [0.29, 0.717) is 30.3 Å². The molecule has 2 aliphatic heterocycles. The van der Waals surface area contributed by atoms with Crippen LogP contribution in [0.5, 0.6) is 11.5 Å². The lowest BCUT2D eigenvalue weighted by molar-refractivity contribution is 0.295. The zero-order chi connectivity index (χ0) is 12.5. The molecule has 1 unspecified atom stereocenters. The molecular formula is C13H15ClFNO2. The van der Waals surface area contributed by atoms with Crippen LogP contribution in [-0.2, 0) is 0 Å². The number of hydrogen-bond acceptors (Lipinski definition) is 3. The SMILES string of the molecule is Fc1c(Cl)cc2c(c1C1CCCN1)OCCCO2. The molecular weight excluding hydrogens is 257 g/mol. The molecule has 3 rings (SSSR count). The van der Waals surface area contributed by atoms with Gasteiger partial charge in [0.1, 0.15) is 0 Å². The van der Waals surface area contributed by atoms with Gasteiger partial charge in [0, 0.05) is 18.5 Å². The Balaban J connectivity index is 2.11. The summed E-state index contributed by atoms with van der Waals surface area (Å²) in [7, 11) is 0. The highest BCUT2D eigenvalue weighted by Gasteiger charge is 2.29. The Morgan fingerprint density at radius 1 is 1.28 bits per heavy atom. The molecule has 1 N–H and O–H groups in total. The van der Waals surface area contributed by atoms with Crippen molar-refractivity contribution in [1.82, 2.24) is 5.32 Å². The van der Waals surface area contributed by atoms with Crippen molar-refractivity contribution in [3.63, 3.8) is 0 Å². The minimum Gasteiger partial charge on any atom is -0.489 e. The number of nitrogens with one attached hydrogen (secondary N) is 1. The monoisotopic (exact) mass is 271 g/mol. The molecule has 0 amide bonds. The van der Waals surface area contributed by atoms with Crippen LogP contribution in [0.15, 0.2) is 6.07 Å². The average molecular weight is 272 g/mol. The van der Waals surface area contributed by atoms with Crippen LogP contribution < -0.4 is 14.8 Å². The third kappa shape index (κ3) is 2.04. The quantitative estimate of drug-likeness (QED) is 0.852. The fourth-order valence-electron chi connectivity index (χ4n) is 2.52. The Bertz CT molecular complexity index is 461. The summed E-state index contributed by atoms with van der Waals surface area (Å²) in [5.41, 5.74) is 0.525. The predicted molar refractivity (Wildman–Crippen MR) is 67.0 cm³/mol. The number of rotatable bonds is 1. The number of fused-ring (bicyclic) bond motifs is 1. The molecule has 0 spiro atoms. The Morgan fingerprint density at radius 3 is 2.89 bits per heavy atom. The van der Waals surface area contributed by atoms with Gasteiger partial charge in [0.25, 0.3) is 0 Å². The molecule has 2 heterocycles. The molecule has 5 heteroatoms. The van der Waals surface area contributed by atoms with E-state index < -0.39 is 0 Å². The Hall–Kier alpha value is -1.00. The van der Waals surface area contributed by atoms with Crippen LogP contribution >= 0.6 is 11.6 Å². The summed E-state index contributed by atoms with van der Waals surface area (Å²) >= 11 is 5.94. The van der Waals surface area contributed by atoms with Gasteiger partial charge >= 0.3 is 0 Å². The summed E-state index contributed by atoms with van der Waals surface area (Å²) in [6, 6.07) is 1.48. The second-order valence-corrected chi connectivity index (χ2v) is 5.02. The van der Waals surface area contributed by atoms with E-state index in [1.807, 2.05) is 0 Å². The van der Waals surface area contributed by atoms with Crippen molar-refractivity contribution >= 4 is 11.6 Å². The van der Waals surface area contributed by atoms with Crippen LogP contribution in [0.1, 0.15) is 30.9 Å². The van der Waals surface area contributed by atoms with Crippen molar-refractivity contribution in [3.05, 3.63) is 22.5 Å². The summed E-state index contributed by atoms with van der Waals surface area (Å²) < 4.78 is 25.5. The Morgan fingerprint density at radius 2 is 2.11 bits per heavy atom. The van der Waals surface area contributed by atoms with E-state index in [0.717, 1.165) is 25.8 Å². The normalized spacial score (nSPS) is 22.9. The number of hydrogen-bond donors (Lipinski definition) is 1. The van der Waals surface area contributed by atoms with Crippen molar-refractivity contribution in [2.75, 3.05) is 19.8 Å². The smallest absolute Gasteiger partial charge is 0.168 e. The van der Waals surface area contributed by atoms with Gasteiger partial charge < -0.3 is 14.8 Å². The molecule has 98 valence electrons. The van der Waals surface area contributed by atoms with E-state index in [2.05, 4.69) is 5.32 Å². The van der Waals surface area contributed by atoms with E-state index in [1.54, 1.807) is 0 Å². The van der Waals surface area contributed by atoms with Gasteiger partial charge in [-0.25, -0.2) is 4.39 Å². The van der Waals surface area contributed by atoms with E-state index in [4.69, 9.17) is 21.1 Å². The standard InChI is InChI=1S/C13H15ClFNO2/c14-8-7-10-13(18-6-2-5-17-10)11(12(8)15)9-3-1-4-16-9/h7,9,16H,1-6H2. The summed E-state index contributed by atoms with van der Waals surface area (Å²) in [6.45, 7) is 2.02. The highest BCUT2D eigenvalue weighted by Crippen LogP contribution is 2.43. The van der Waals surface area contributed by atoms with Gasteiger partial charge in [-0.1, -0.05) is 11.6 Å². The van der Waals surface area contributed by atoms with Crippen molar-refractivity contribution in [1.29, 1.82) is 0 Å². The summed E-state index contributed by atoms with van der Waals surface area (Å²) in [5.74, 6) is 0.691. The molecule has 1 fully saturated rings. The number of benzene rings is 1. The first kappa shape index (κ1) is 12.1. The highest BCUT2D eigenvalue weighted by atomic mass is 35.5. The molecule has 3 nitrogen and oxygen atoms in total. The first-order valence-corrected chi connectivity index (χ1v) is 6.66.